The number of rotatable bonds is 3. The topological polar surface area (TPSA) is 29.1 Å². The normalized spacial score (nSPS) is 17.9. The van der Waals surface area contributed by atoms with Gasteiger partial charge in [0, 0.05) is 11.8 Å². The zero-order valence-corrected chi connectivity index (χ0v) is 7.53. The number of hydrogen-bond acceptors (Lipinski definition) is 1. The van der Waals surface area contributed by atoms with E-state index in [0.29, 0.717) is 0 Å². The molecule has 0 fully saturated rings. The van der Waals surface area contributed by atoms with Crippen LogP contribution >= 0.6 is 7.29 Å². The lowest BCUT2D eigenvalue weighted by molar-refractivity contribution is 0.562. The van der Waals surface area contributed by atoms with Gasteiger partial charge in [-0.3, -0.25) is 5.09 Å². The SMILES string of the molecule is CCP(=O)(NC)C(C)C. The summed E-state index contributed by atoms with van der Waals surface area (Å²) in [5, 5.41) is 2.88. The zero-order chi connectivity index (χ0) is 7.49. The first kappa shape index (κ1) is 9.19. The highest BCUT2D eigenvalue weighted by Gasteiger charge is 2.20. The summed E-state index contributed by atoms with van der Waals surface area (Å²) in [5.74, 6) is 0. The highest BCUT2D eigenvalue weighted by Crippen LogP contribution is 2.44. The molecule has 2 nitrogen and oxygen atoms in total. The van der Waals surface area contributed by atoms with E-state index in [1.807, 2.05) is 20.8 Å². The van der Waals surface area contributed by atoms with E-state index in [1.54, 1.807) is 7.05 Å². The maximum atomic E-state index is 11.5. The summed E-state index contributed by atoms with van der Waals surface area (Å²) >= 11 is 0. The molecule has 0 aromatic heterocycles. The van der Waals surface area contributed by atoms with Gasteiger partial charge in [0.1, 0.15) is 7.29 Å². The van der Waals surface area contributed by atoms with Crippen molar-refractivity contribution in [2.45, 2.75) is 26.4 Å². The van der Waals surface area contributed by atoms with Crippen molar-refractivity contribution in [2.75, 3.05) is 13.2 Å². The van der Waals surface area contributed by atoms with Gasteiger partial charge in [-0.2, -0.15) is 0 Å². The third-order valence-electron chi connectivity index (χ3n) is 1.68. The zero-order valence-electron chi connectivity index (χ0n) is 6.64. The second kappa shape index (κ2) is 3.38. The van der Waals surface area contributed by atoms with Gasteiger partial charge in [0.15, 0.2) is 0 Å². The molecule has 1 atom stereocenters. The van der Waals surface area contributed by atoms with Gasteiger partial charge in [-0.25, -0.2) is 0 Å². The van der Waals surface area contributed by atoms with Crippen molar-refractivity contribution in [3.63, 3.8) is 0 Å². The van der Waals surface area contributed by atoms with Crippen LogP contribution in [0.3, 0.4) is 0 Å². The van der Waals surface area contributed by atoms with E-state index in [9.17, 15) is 4.57 Å². The Morgan fingerprint density at radius 1 is 1.56 bits per heavy atom. The highest BCUT2D eigenvalue weighted by molar-refractivity contribution is 7.62. The molecule has 0 aromatic carbocycles. The molecule has 56 valence electrons. The van der Waals surface area contributed by atoms with E-state index in [1.165, 1.54) is 0 Å². The molecule has 0 saturated carbocycles. The van der Waals surface area contributed by atoms with Crippen LogP contribution in [0.5, 0.6) is 0 Å². The molecule has 0 radical (unpaired) electrons. The van der Waals surface area contributed by atoms with Gasteiger partial charge in [-0.15, -0.1) is 0 Å². The van der Waals surface area contributed by atoms with Crippen molar-refractivity contribution in [3.8, 4) is 0 Å². The number of nitrogens with one attached hydrogen (secondary N) is 1. The minimum Gasteiger partial charge on any atom is -0.307 e. The average molecular weight is 149 g/mol. The van der Waals surface area contributed by atoms with Gasteiger partial charge in [-0.1, -0.05) is 20.8 Å². The van der Waals surface area contributed by atoms with Crippen molar-refractivity contribution in [1.82, 2.24) is 5.09 Å². The third kappa shape index (κ3) is 2.11. The first-order valence-electron chi connectivity index (χ1n) is 3.34. The van der Waals surface area contributed by atoms with Crippen LogP contribution in [0.4, 0.5) is 0 Å². The van der Waals surface area contributed by atoms with E-state index in [-0.39, 0.29) is 5.66 Å². The highest BCUT2D eigenvalue weighted by atomic mass is 31.2. The molecule has 3 heteroatoms. The largest absolute Gasteiger partial charge is 0.307 e. The Bertz CT molecular complexity index is 114. The Kier molecular flexibility index (Phi) is 3.45. The minimum absolute atomic E-state index is 0.271. The molecule has 1 unspecified atom stereocenters. The molecule has 0 aliphatic carbocycles. The maximum absolute atomic E-state index is 11.5. The summed E-state index contributed by atoms with van der Waals surface area (Å²) in [4.78, 5) is 0. The fourth-order valence-electron chi connectivity index (χ4n) is 0.781. The summed E-state index contributed by atoms with van der Waals surface area (Å²) in [5.41, 5.74) is 0.271. The van der Waals surface area contributed by atoms with Gasteiger partial charge in [-0.05, 0) is 7.05 Å². The molecular formula is C6H16NOP. The van der Waals surface area contributed by atoms with Gasteiger partial charge < -0.3 is 4.57 Å². The molecule has 0 rings (SSSR count). The molecule has 0 aliphatic rings. The lowest BCUT2D eigenvalue weighted by Gasteiger charge is -2.18. The van der Waals surface area contributed by atoms with Gasteiger partial charge >= 0.3 is 0 Å². The van der Waals surface area contributed by atoms with E-state index < -0.39 is 7.29 Å². The standard InChI is InChI=1S/C6H16NOP/c1-5-9(8,7-4)6(2)3/h6H,5H2,1-4H3,(H,7,8). The van der Waals surface area contributed by atoms with Gasteiger partial charge in [0.2, 0.25) is 0 Å². The molecular weight excluding hydrogens is 133 g/mol. The molecule has 0 bridgehead atoms. The van der Waals surface area contributed by atoms with Crippen molar-refractivity contribution in [3.05, 3.63) is 0 Å². The van der Waals surface area contributed by atoms with Crippen LogP contribution in [0.2, 0.25) is 0 Å². The summed E-state index contributed by atoms with van der Waals surface area (Å²) in [6, 6.07) is 0. The molecule has 0 spiro atoms. The van der Waals surface area contributed by atoms with Gasteiger partial charge in [0.25, 0.3) is 0 Å². The molecule has 9 heavy (non-hydrogen) atoms. The van der Waals surface area contributed by atoms with Crippen LogP contribution < -0.4 is 5.09 Å². The van der Waals surface area contributed by atoms with Crippen molar-refractivity contribution in [1.29, 1.82) is 0 Å². The second-order valence-corrected chi connectivity index (χ2v) is 6.13. The lowest BCUT2D eigenvalue weighted by Crippen LogP contribution is -2.13. The van der Waals surface area contributed by atoms with Gasteiger partial charge in [0.05, 0.1) is 0 Å². The Labute approximate surface area is 57.5 Å². The summed E-state index contributed by atoms with van der Waals surface area (Å²) < 4.78 is 11.5. The molecule has 1 N–H and O–H groups in total. The second-order valence-electron chi connectivity index (χ2n) is 2.43. The predicted octanol–water partition coefficient (Wildman–Crippen LogP) is 1.91. The van der Waals surface area contributed by atoms with Crippen molar-refractivity contribution < 1.29 is 4.57 Å². The Hall–Kier alpha value is 0.190. The van der Waals surface area contributed by atoms with Crippen LogP contribution in [0.25, 0.3) is 0 Å². The fraction of sp³-hybridized carbons (Fsp3) is 1.00. The smallest absolute Gasteiger partial charge is 0.149 e. The Morgan fingerprint density at radius 2 is 2.00 bits per heavy atom. The van der Waals surface area contributed by atoms with Crippen LogP contribution in [-0.2, 0) is 4.57 Å². The van der Waals surface area contributed by atoms with Crippen molar-refractivity contribution >= 4 is 7.29 Å². The molecule has 0 aliphatic heterocycles. The van der Waals surface area contributed by atoms with Crippen LogP contribution in [0.1, 0.15) is 20.8 Å². The van der Waals surface area contributed by atoms with Crippen LogP contribution in [0, 0.1) is 0 Å². The molecule has 0 saturated heterocycles. The Morgan fingerprint density at radius 3 is 2.00 bits per heavy atom. The summed E-state index contributed by atoms with van der Waals surface area (Å²) in [6.45, 7) is 5.93. The third-order valence-corrected chi connectivity index (χ3v) is 5.05. The lowest BCUT2D eigenvalue weighted by atomic mass is 10.6. The first-order valence-corrected chi connectivity index (χ1v) is 5.30. The van der Waals surface area contributed by atoms with E-state index in [2.05, 4.69) is 5.09 Å². The van der Waals surface area contributed by atoms with Crippen molar-refractivity contribution in [2.24, 2.45) is 0 Å². The monoisotopic (exact) mass is 149 g/mol. The Balaban J connectivity index is 4.11. The van der Waals surface area contributed by atoms with E-state index in [4.69, 9.17) is 0 Å². The molecule has 0 heterocycles. The van der Waals surface area contributed by atoms with Crippen LogP contribution in [0.15, 0.2) is 0 Å². The molecule has 0 aromatic rings. The van der Waals surface area contributed by atoms with Crippen LogP contribution in [-0.4, -0.2) is 18.9 Å². The van der Waals surface area contributed by atoms with E-state index in [0.717, 1.165) is 6.16 Å². The minimum atomic E-state index is -2.00. The first-order chi connectivity index (χ1) is 4.06. The summed E-state index contributed by atoms with van der Waals surface area (Å²) in [6.07, 6.45) is 0.751. The molecule has 0 amide bonds. The van der Waals surface area contributed by atoms with E-state index >= 15 is 0 Å². The quantitative estimate of drug-likeness (QED) is 0.621. The summed E-state index contributed by atoms with van der Waals surface area (Å²) in [7, 11) is -0.235. The predicted molar refractivity (Wildman–Crippen MR) is 42.3 cm³/mol. The maximum Gasteiger partial charge on any atom is 0.149 e. The number of hydrogen-bond donors (Lipinski definition) is 1. The average Bonchev–Trinajstić information content (AvgIpc) is 1.86. The fourth-order valence-corrected chi connectivity index (χ4v) is 2.34.